The van der Waals surface area contributed by atoms with Crippen LogP contribution in [-0.2, 0) is 9.53 Å². The highest BCUT2D eigenvalue weighted by Crippen LogP contribution is 2.32. The van der Waals surface area contributed by atoms with Crippen LogP contribution in [0.25, 0.3) is 0 Å². The SMILES string of the molecule is CCOC(=O)C1=C(C)N(C)C(=S)NC1c1cccc(NC(=O)Nc2ccc(OC)cc2OC)c1. The first-order valence-corrected chi connectivity index (χ1v) is 11.0. The second-order valence-electron chi connectivity index (χ2n) is 7.43. The van der Waals surface area contributed by atoms with E-state index in [1.54, 1.807) is 62.4 Å². The topological polar surface area (TPSA) is 101 Å². The van der Waals surface area contributed by atoms with Crippen molar-refractivity contribution in [2.45, 2.75) is 19.9 Å². The van der Waals surface area contributed by atoms with Crippen LogP contribution in [0.15, 0.2) is 53.7 Å². The van der Waals surface area contributed by atoms with Crippen molar-refractivity contribution in [3.8, 4) is 11.5 Å². The Hall–Kier alpha value is -3.79. The maximum atomic E-state index is 12.7. The van der Waals surface area contributed by atoms with Crippen molar-refractivity contribution < 1.29 is 23.8 Å². The number of hydrogen-bond donors (Lipinski definition) is 3. The zero-order valence-electron chi connectivity index (χ0n) is 19.7. The van der Waals surface area contributed by atoms with Crippen molar-refractivity contribution in [1.29, 1.82) is 0 Å². The van der Waals surface area contributed by atoms with E-state index in [0.29, 0.717) is 39.3 Å². The molecule has 0 spiro atoms. The van der Waals surface area contributed by atoms with E-state index in [1.165, 1.54) is 7.11 Å². The lowest BCUT2D eigenvalue weighted by molar-refractivity contribution is -0.139. The van der Waals surface area contributed by atoms with Crippen LogP contribution >= 0.6 is 12.2 Å². The highest BCUT2D eigenvalue weighted by Gasteiger charge is 2.33. The fourth-order valence-electron chi connectivity index (χ4n) is 3.54. The Morgan fingerprint density at radius 1 is 1.12 bits per heavy atom. The van der Waals surface area contributed by atoms with E-state index in [-0.39, 0.29) is 6.61 Å². The van der Waals surface area contributed by atoms with Crippen LogP contribution in [0, 0.1) is 0 Å². The van der Waals surface area contributed by atoms with Crippen LogP contribution in [0.5, 0.6) is 11.5 Å². The van der Waals surface area contributed by atoms with Gasteiger partial charge in [-0.25, -0.2) is 9.59 Å². The van der Waals surface area contributed by atoms with Crippen molar-refractivity contribution in [3.63, 3.8) is 0 Å². The third-order valence-electron chi connectivity index (χ3n) is 5.38. The van der Waals surface area contributed by atoms with Gasteiger partial charge in [0.1, 0.15) is 11.5 Å². The fourth-order valence-corrected chi connectivity index (χ4v) is 3.80. The quantitative estimate of drug-likeness (QED) is 0.400. The predicted molar refractivity (Wildman–Crippen MR) is 134 cm³/mol. The minimum Gasteiger partial charge on any atom is -0.497 e. The molecule has 3 N–H and O–H groups in total. The number of anilines is 2. The zero-order valence-corrected chi connectivity index (χ0v) is 20.5. The molecule has 0 saturated heterocycles. The smallest absolute Gasteiger partial charge is 0.338 e. The lowest BCUT2D eigenvalue weighted by Gasteiger charge is -2.35. The van der Waals surface area contributed by atoms with Crippen LogP contribution in [0.4, 0.5) is 16.2 Å². The number of nitrogens with one attached hydrogen (secondary N) is 3. The molecule has 34 heavy (non-hydrogen) atoms. The minimum atomic E-state index is -0.519. The summed E-state index contributed by atoms with van der Waals surface area (Å²) < 4.78 is 15.8. The molecule has 1 atom stereocenters. The molecule has 0 saturated carbocycles. The first kappa shape index (κ1) is 24.8. The van der Waals surface area contributed by atoms with Gasteiger partial charge in [0.2, 0.25) is 0 Å². The predicted octanol–water partition coefficient (Wildman–Crippen LogP) is 4.05. The molecule has 2 aromatic carbocycles. The number of benzene rings is 2. The highest BCUT2D eigenvalue weighted by atomic mass is 32.1. The lowest BCUT2D eigenvalue weighted by atomic mass is 9.95. The summed E-state index contributed by atoms with van der Waals surface area (Å²) in [5, 5.41) is 9.25. The van der Waals surface area contributed by atoms with Crippen LogP contribution < -0.4 is 25.4 Å². The Balaban J connectivity index is 1.83. The van der Waals surface area contributed by atoms with Crippen LogP contribution in [0.2, 0.25) is 0 Å². The van der Waals surface area contributed by atoms with Crippen molar-refractivity contribution in [3.05, 3.63) is 59.3 Å². The number of carbonyl (C=O) groups is 2. The maximum Gasteiger partial charge on any atom is 0.338 e. The van der Waals surface area contributed by atoms with Gasteiger partial charge in [-0.05, 0) is 55.9 Å². The van der Waals surface area contributed by atoms with E-state index in [9.17, 15) is 9.59 Å². The van der Waals surface area contributed by atoms with Gasteiger partial charge in [-0.3, -0.25) is 0 Å². The maximum absolute atomic E-state index is 12.7. The molecule has 0 aliphatic carbocycles. The number of esters is 1. The molecule has 2 aromatic rings. The minimum absolute atomic E-state index is 0.257. The summed E-state index contributed by atoms with van der Waals surface area (Å²) in [5.74, 6) is 0.654. The Morgan fingerprint density at radius 2 is 1.88 bits per heavy atom. The second kappa shape index (κ2) is 10.9. The highest BCUT2D eigenvalue weighted by molar-refractivity contribution is 7.80. The third-order valence-corrected chi connectivity index (χ3v) is 5.78. The average Bonchev–Trinajstić information content (AvgIpc) is 2.82. The second-order valence-corrected chi connectivity index (χ2v) is 7.82. The third kappa shape index (κ3) is 5.40. The molecule has 0 bridgehead atoms. The van der Waals surface area contributed by atoms with E-state index in [1.807, 2.05) is 13.0 Å². The monoisotopic (exact) mass is 484 g/mol. The van der Waals surface area contributed by atoms with Crippen LogP contribution in [0.3, 0.4) is 0 Å². The number of methoxy groups -OCH3 is 2. The van der Waals surface area contributed by atoms with Crippen LogP contribution in [-0.4, -0.2) is 49.9 Å². The first-order valence-electron chi connectivity index (χ1n) is 10.6. The standard InChI is InChI=1S/C24H28N4O5S/c1-6-33-22(29)20-14(2)28(3)24(34)27-21(20)15-8-7-9-16(12-15)25-23(30)26-18-11-10-17(31-4)13-19(18)32-5/h7-13,21H,6H2,1-5H3,(H,27,34)(H2,25,26,30). The molecule has 1 heterocycles. The number of hydrogen-bond acceptors (Lipinski definition) is 6. The molecule has 180 valence electrons. The van der Waals surface area contributed by atoms with Crippen molar-refractivity contribution in [2.24, 2.45) is 0 Å². The molecule has 1 aliphatic heterocycles. The van der Waals surface area contributed by atoms with E-state index < -0.39 is 18.0 Å². The molecular weight excluding hydrogens is 456 g/mol. The van der Waals surface area contributed by atoms with Gasteiger partial charge in [0, 0.05) is 24.5 Å². The average molecular weight is 485 g/mol. The van der Waals surface area contributed by atoms with E-state index in [4.69, 9.17) is 26.4 Å². The summed E-state index contributed by atoms with van der Waals surface area (Å²) in [7, 11) is 4.85. The van der Waals surface area contributed by atoms with Gasteiger partial charge >= 0.3 is 12.0 Å². The Labute approximate surface area is 204 Å². The first-order chi connectivity index (χ1) is 16.3. The molecule has 0 aromatic heterocycles. The number of thiocarbonyl (C=S) groups is 1. The molecule has 3 rings (SSSR count). The number of nitrogens with zero attached hydrogens (tertiary/aromatic N) is 1. The number of ether oxygens (including phenoxy) is 3. The van der Waals surface area contributed by atoms with Crippen molar-refractivity contribution >= 4 is 40.7 Å². The van der Waals surface area contributed by atoms with Crippen LogP contribution in [0.1, 0.15) is 25.5 Å². The summed E-state index contributed by atoms with van der Waals surface area (Å²) in [5.41, 5.74) is 2.94. The van der Waals surface area contributed by atoms with E-state index in [2.05, 4.69) is 16.0 Å². The van der Waals surface area contributed by atoms with Gasteiger partial charge < -0.3 is 35.1 Å². The number of amides is 2. The summed E-state index contributed by atoms with van der Waals surface area (Å²) >= 11 is 5.43. The molecule has 10 heteroatoms. The zero-order chi connectivity index (χ0) is 24.8. The van der Waals surface area contributed by atoms with Gasteiger partial charge in [-0.15, -0.1) is 0 Å². The molecule has 1 aliphatic rings. The van der Waals surface area contributed by atoms with Gasteiger partial charge in [0.05, 0.1) is 38.1 Å². The van der Waals surface area contributed by atoms with Gasteiger partial charge in [-0.1, -0.05) is 12.1 Å². The number of urea groups is 1. The van der Waals surface area contributed by atoms with Gasteiger partial charge in [0.15, 0.2) is 5.11 Å². The molecule has 2 amide bonds. The summed E-state index contributed by atoms with van der Waals surface area (Å²) in [6, 6.07) is 11.3. The molecule has 0 fully saturated rings. The Morgan fingerprint density at radius 3 is 2.56 bits per heavy atom. The summed E-state index contributed by atoms with van der Waals surface area (Å²) in [6.07, 6.45) is 0. The molecular formula is C24H28N4O5S. The van der Waals surface area contributed by atoms with E-state index >= 15 is 0 Å². The lowest BCUT2D eigenvalue weighted by Crippen LogP contribution is -2.46. The largest absolute Gasteiger partial charge is 0.497 e. The summed E-state index contributed by atoms with van der Waals surface area (Å²) in [6.45, 7) is 3.84. The molecule has 9 nitrogen and oxygen atoms in total. The van der Waals surface area contributed by atoms with Crippen molar-refractivity contribution in [1.82, 2.24) is 10.2 Å². The van der Waals surface area contributed by atoms with Gasteiger partial charge in [-0.2, -0.15) is 0 Å². The number of rotatable bonds is 7. The Bertz CT molecular complexity index is 1130. The number of allylic oxidation sites excluding steroid dienone is 1. The normalized spacial score (nSPS) is 15.4. The van der Waals surface area contributed by atoms with Gasteiger partial charge in [0.25, 0.3) is 0 Å². The molecule has 1 unspecified atom stereocenters. The molecule has 0 radical (unpaired) electrons. The van der Waals surface area contributed by atoms with Crippen molar-refractivity contribution in [2.75, 3.05) is 38.5 Å². The number of carbonyl (C=O) groups excluding carboxylic acids is 2. The summed E-state index contributed by atoms with van der Waals surface area (Å²) in [4.78, 5) is 27.1. The fraction of sp³-hybridized carbons (Fsp3) is 0.292. The van der Waals surface area contributed by atoms with E-state index in [0.717, 1.165) is 5.56 Å². The Kier molecular flexibility index (Phi) is 7.95.